The van der Waals surface area contributed by atoms with E-state index in [9.17, 15) is 19.7 Å². The molecule has 1 aromatic heterocycles. The number of nitrogens with zero attached hydrogens (tertiary/aromatic N) is 2. The first-order valence-corrected chi connectivity index (χ1v) is 9.51. The van der Waals surface area contributed by atoms with Gasteiger partial charge in [-0.3, -0.25) is 14.9 Å². The summed E-state index contributed by atoms with van der Waals surface area (Å²) in [5, 5.41) is 10.9. The number of ketones is 1. The maximum Gasteiger partial charge on any atom is 0.338 e. The molecule has 29 heavy (non-hydrogen) atoms. The van der Waals surface area contributed by atoms with Crippen LogP contribution in [0.4, 0.5) is 5.69 Å². The number of esters is 1. The van der Waals surface area contributed by atoms with Crippen molar-refractivity contribution in [1.29, 1.82) is 0 Å². The van der Waals surface area contributed by atoms with Crippen LogP contribution in [0.25, 0.3) is 0 Å². The summed E-state index contributed by atoms with van der Waals surface area (Å²) in [6.07, 6.45) is 2.21. The third-order valence-corrected chi connectivity index (χ3v) is 5.25. The summed E-state index contributed by atoms with van der Waals surface area (Å²) in [5.74, 6) is -0.979. The number of benzene rings is 1. The van der Waals surface area contributed by atoms with E-state index in [-0.39, 0.29) is 29.7 Å². The minimum absolute atomic E-state index is 0.0729. The van der Waals surface area contributed by atoms with E-state index in [0.29, 0.717) is 17.7 Å². The van der Waals surface area contributed by atoms with E-state index in [1.165, 1.54) is 18.2 Å². The van der Waals surface area contributed by atoms with Crippen LogP contribution >= 0.6 is 0 Å². The highest BCUT2D eigenvalue weighted by Gasteiger charge is 2.22. The van der Waals surface area contributed by atoms with E-state index >= 15 is 0 Å². The SMILES string of the molecule is Cc1cc(C(=O)OCC(=O)c2cc(C)n(CC3CCCO3)c2C)ccc1[N+](=O)[O-]. The molecular weight excluding hydrogens is 376 g/mol. The van der Waals surface area contributed by atoms with Gasteiger partial charge in [-0.2, -0.15) is 0 Å². The van der Waals surface area contributed by atoms with E-state index in [0.717, 1.165) is 30.8 Å². The van der Waals surface area contributed by atoms with Crippen molar-refractivity contribution in [3.8, 4) is 0 Å². The summed E-state index contributed by atoms with van der Waals surface area (Å²) < 4.78 is 12.9. The lowest BCUT2D eigenvalue weighted by Crippen LogP contribution is -2.18. The number of aryl methyl sites for hydroxylation is 2. The smallest absolute Gasteiger partial charge is 0.338 e. The van der Waals surface area contributed by atoms with Gasteiger partial charge >= 0.3 is 5.97 Å². The van der Waals surface area contributed by atoms with Crippen LogP contribution in [0, 0.1) is 30.9 Å². The van der Waals surface area contributed by atoms with Gasteiger partial charge in [0.05, 0.1) is 16.6 Å². The van der Waals surface area contributed by atoms with Gasteiger partial charge in [0.25, 0.3) is 5.69 Å². The Morgan fingerprint density at radius 1 is 1.28 bits per heavy atom. The monoisotopic (exact) mass is 400 g/mol. The number of nitro benzene ring substituents is 1. The van der Waals surface area contributed by atoms with Crippen LogP contribution in [-0.4, -0.2) is 40.6 Å². The second-order valence-corrected chi connectivity index (χ2v) is 7.29. The fourth-order valence-electron chi connectivity index (χ4n) is 3.64. The normalized spacial score (nSPS) is 16.0. The highest BCUT2D eigenvalue weighted by Crippen LogP contribution is 2.22. The van der Waals surface area contributed by atoms with Crippen molar-refractivity contribution in [1.82, 2.24) is 4.57 Å². The Balaban J connectivity index is 1.65. The summed E-state index contributed by atoms with van der Waals surface area (Å²) >= 11 is 0. The number of ether oxygens (including phenoxy) is 2. The molecule has 154 valence electrons. The lowest BCUT2D eigenvalue weighted by molar-refractivity contribution is -0.385. The summed E-state index contributed by atoms with van der Waals surface area (Å²) in [6.45, 7) is 6.43. The predicted molar refractivity (Wildman–Crippen MR) is 105 cm³/mol. The zero-order valence-electron chi connectivity index (χ0n) is 16.8. The van der Waals surface area contributed by atoms with E-state index in [2.05, 4.69) is 4.57 Å². The minimum Gasteiger partial charge on any atom is -0.454 e. The fraction of sp³-hybridized carbons (Fsp3) is 0.429. The molecule has 2 heterocycles. The van der Waals surface area contributed by atoms with Crippen LogP contribution in [0.5, 0.6) is 0 Å². The van der Waals surface area contributed by atoms with Gasteiger partial charge in [0.1, 0.15) is 0 Å². The van der Waals surface area contributed by atoms with Gasteiger partial charge < -0.3 is 14.0 Å². The second kappa shape index (κ2) is 8.57. The van der Waals surface area contributed by atoms with Gasteiger partial charge in [0.2, 0.25) is 5.78 Å². The maximum atomic E-state index is 12.6. The van der Waals surface area contributed by atoms with Gasteiger partial charge in [-0.15, -0.1) is 0 Å². The van der Waals surface area contributed by atoms with Crippen molar-refractivity contribution in [3.05, 3.63) is 62.5 Å². The van der Waals surface area contributed by atoms with Crippen molar-refractivity contribution in [3.63, 3.8) is 0 Å². The van der Waals surface area contributed by atoms with Crippen LogP contribution in [0.2, 0.25) is 0 Å². The molecule has 1 atom stereocenters. The van der Waals surface area contributed by atoms with Crippen LogP contribution < -0.4 is 0 Å². The number of carbonyl (C=O) groups excluding carboxylic acids is 2. The van der Waals surface area contributed by atoms with Gasteiger partial charge in [-0.25, -0.2) is 4.79 Å². The molecule has 1 aliphatic heterocycles. The van der Waals surface area contributed by atoms with Crippen molar-refractivity contribution < 1.29 is 24.0 Å². The molecule has 1 aliphatic rings. The Morgan fingerprint density at radius 3 is 2.66 bits per heavy atom. The topological polar surface area (TPSA) is 101 Å². The molecule has 0 radical (unpaired) electrons. The molecule has 8 heteroatoms. The Morgan fingerprint density at radius 2 is 2.03 bits per heavy atom. The molecule has 1 unspecified atom stereocenters. The summed E-state index contributed by atoms with van der Waals surface area (Å²) in [6, 6.07) is 5.77. The quantitative estimate of drug-likeness (QED) is 0.305. The molecule has 0 aliphatic carbocycles. The Hall–Kier alpha value is -3.00. The zero-order chi connectivity index (χ0) is 21.1. The first-order chi connectivity index (χ1) is 13.8. The number of nitro groups is 1. The average molecular weight is 400 g/mol. The van der Waals surface area contributed by atoms with E-state index < -0.39 is 10.9 Å². The molecule has 2 aromatic rings. The molecule has 1 aromatic carbocycles. The Labute approximate surface area is 168 Å². The Kier molecular flexibility index (Phi) is 6.12. The van der Waals surface area contributed by atoms with E-state index in [1.807, 2.05) is 13.8 Å². The highest BCUT2D eigenvalue weighted by atomic mass is 16.6. The predicted octanol–water partition coefficient (Wildman–Crippen LogP) is 3.54. The number of hydrogen-bond donors (Lipinski definition) is 0. The van der Waals surface area contributed by atoms with Gasteiger partial charge in [-0.05, 0) is 51.8 Å². The third-order valence-electron chi connectivity index (χ3n) is 5.25. The fourth-order valence-corrected chi connectivity index (χ4v) is 3.64. The summed E-state index contributed by atoms with van der Waals surface area (Å²) in [7, 11) is 0. The van der Waals surface area contributed by atoms with Crippen molar-refractivity contribution in [2.45, 2.75) is 46.3 Å². The molecule has 1 saturated heterocycles. The lowest BCUT2D eigenvalue weighted by Gasteiger charge is -2.14. The van der Waals surface area contributed by atoms with Gasteiger partial charge in [0, 0.05) is 41.7 Å². The number of rotatable bonds is 7. The van der Waals surface area contributed by atoms with Crippen LogP contribution in [0.1, 0.15) is 50.5 Å². The third kappa shape index (κ3) is 4.54. The number of aromatic nitrogens is 1. The molecule has 0 N–H and O–H groups in total. The lowest BCUT2D eigenvalue weighted by atomic mass is 10.1. The number of hydrogen-bond acceptors (Lipinski definition) is 6. The second-order valence-electron chi connectivity index (χ2n) is 7.29. The summed E-state index contributed by atoms with van der Waals surface area (Å²) in [4.78, 5) is 35.2. The largest absolute Gasteiger partial charge is 0.454 e. The van der Waals surface area contributed by atoms with E-state index in [4.69, 9.17) is 9.47 Å². The van der Waals surface area contributed by atoms with Crippen molar-refractivity contribution in [2.24, 2.45) is 0 Å². The molecular formula is C21H24N2O6. The molecule has 0 saturated carbocycles. The number of carbonyl (C=O) groups is 2. The molecule has 0 spiro atoms. The van der Waals surface area contributed by atoms with Crippen LogP contribution in [-0.2, 0) is 16.0 Å². The first kappa shape index (κ1) is 20.7. The van der Waals surface area contributed by atoms with E-state index in [1.54, 1.807) is 13.0 Å². The van der Waals surface area contributed by atoms with Gasteiger partial charge in [-0.1, -0.05) is 0 Å². The zero-order valence-corrected chi connectivity index (χ0v) is 16.8. The molecule has 0 bridgehead atoms. The average Bonchev–Trinajstić information content (AvgIpc) is 3.29. The Bertz CT molecular complexity index is 956. The molecule has 1 fully saturated rings. The molecule has 0 amide bonds. The van der Waals surface area contributed by atoms with Gasteiger partial charge in [0.15, 0.2) is 6.61 Å². The van der Waals surface area contributed by atoms with Crippen LogP contribution in [0.15, 0.2) is 24.3 Å². The molecule has 3 rings (SSSR count). The van der Waals surface area contributed by atoms with Crippen molar-refractivity contribution in [2.75, 3.05) is 13.2 Å². The first-order valence-electron chi connectivity index (χ1n) is 9.51. The number of Topliss-reactive ketones (excluding diaryl/α,β-unsaturated/α-hetero) is 1. The standard InChI is InChI=1S/C21H24N2O6/c1-13-9-16(6-7-19(13)23(26)27)21(25)29-12-20(24)18-10-14(2)22(15(18)3)11-17-5-4-8-28-17/h6-7,9-10,17H,4-5,8,11-12H2,1-3H3. The highest BCUT2D eigenvalue weighted by molar-refractivity contribution is 6.00. The summed E-state index contributed by atoms with van der Waals surface area (Å²) in [5.41, 5.74) is 2.76. The van der Waals surface area contributed by atoms with Crippen LogP contribution in [0.3, 0.4) is 0 Å². The minimum atomic E-state index is -0.690. The maximum absolute atomic E-state index is 12.6. The van der Waals surface area contributed by atoms with Crippen molar-refractivity contribution >= 4 is 17.4 Å². The molecule has 8 nitrogen and oxygen atoms in total.